The second-order valence-corrected chi connectivity index (χ2v) is 7.97. The molecule has 0 atom stereocenters. The number of halogens is 1. The zero-order valence-corrected chi connectivity index (χ0v) is 18.9. The molecule has 3 heterocycles. The van der Waals surface area contributed by atoms with Gasteiger partial charge < -0.3 is 14.0 Å². The lowest BCUT2D eigenvalue weighted by atomic mass is 10.1. The first-order valence-electron chi connectivity index (χ1n) is 10.9. The van der Waals surface area contributed by atoms with E-state index in [1.807, 2.05) is 30.3 Å². The Morgan fingerprint density at radius 1 is 1.00 bits per heavy atom. The summed E-state index contributed by atoms with van der Waals surface area (Å²) in [6.45, 7) is 0.796. The van der Waals surface area contributed by atoms with Gasteiger partial charge in [0.1, 0.15) is 11.6 Å². The first-order chi connectivity index (χ1) is 16.6. The van der Waals surface area contributed by atoms with Crippen LogP contribution in [0.15, 0.2) is 71.8 Å². The van der Waals surface area contributed by atoms with Gasteiger partial charge in [0, 0.05) is 26.0 Å². The molecule has 3 aromatic heterocycles. The third-order valence-corrected chi connectivity index (χ3v) is 5.87. The highest BCUT2D eigenvalue weighted by atomic mass is 19.1. The third kappa shape index (κ3) is 3.92. The second-order valence-electron chi connectivity index (χ2n) is 7.97. The SMILES string of the molecule is COCc1nn2c(ncc3c(=O)n(CCc4ccc(OC)cc4)ccc32)c1-c1ccc(F)cc1. The maximum Gasteiger partial charge on any atom is 0.261 e. The molecule has 172 valence electrons. The van der Waals surface area contributed by atoms with E-state index in [4.69, 9.17) is 9.47 Å². The molecule has 0 aliphatic carbocycles. The molecule has 0 fully saturated rings. The van der Waals surface area contributed by atoms with E-state index in [1.54, 1.807) is 47.8 Å². The van der Waals surface area contributed by atoms with Gasteiger partial charge in [0.15, 0.2) is 5.65 Å². The zero-order valence-electron chi connectivity index (χ0n) is 18.9. The van der Waals surface area contributed by atoms with Crippen molar-refractivity contribution in [2.45, 2.75) is 19.6 Å². The first kappa shape index (κ1) is 21.8. The van der Waals surface area contributed by atoms with Crippen molar-refractivity contribution in [3.63, 3.8) is 0 Å². The van der Waals surface area contributed by atoms with Crippen molar-refractivity contribution in [3.8, 4) is 16.9 Å². The van der Waals surface area contributed by atoms with Crippen LogP contribution in [0.3, 0.4) is 0 Å². The third-order valence-electron chi connectivity index (χ3n) is 5.87. The van der Waals surface area contributed by atoms with Crippen molar-refractivity contribution in [2.24, 2.45) is 0 Å². The highest BCUT2D eigenvalue weighted by Gasteiger charge is 2.18. The molecule has 0 N–H and O–H groups in total. The van der Waals surface area contributed by atoms with Gasteiger partial charge in [-0.25, -0.2) is 13.9 Å². The molecule has 0 unspecified atom stereocenters. The van der Waals surface area contributed by atoms with E-state index in [-0.39, 0.29) is 18.0 Å². The van der Waals surface area contributed by atoms with E-state index in [9.17, 15) is 9.18 Å². The average Bonchev–Trinajstić information content (AvgIpc) is 3.23. The Bertz CT molecular complexity index is 1520. The number of aryl methyl sites for hydroxylation is 2. The number of hydrogen-bond donors (Lipinski definition) is 0. The van der Waals surface area contributed by atoms with Crippen molar-refractivity contribution in [2.75, 3.05) is 14.2 Å². The van der Waals surface area contributed by atoms with E-state index >= 15 is 0 Å². The number of pyridine rings is 1. The first-order valence-corrected chi connectivity index (χ1v) is 10.9. The molecule has 5 aromatic rings. The van der Waals surface area contributed by atoms with E-state index < -0.39 is 0 Å². The topological polar surface area (TPSA) is 70.7 Å². The lowest BCUT2D eigenvalue weighted by Gasteiger charge is -2.09. The summed E-state index contributed by atoms with van der Waals surface area (Å²) in [4.78, 5) is 17.8. The molecule has 5 rings (SSSR count). The Morgan fingerprint density at radius 2 is 1.76 bits per heavy atom. The van der Waals surface area contributed by atoms with Crippen LogP contribution in [-0.2, 0) is 24.3 Å². The van der Waals surface area contributed by atoms with Gasteiger partial charge in [0.2, 0.25) is 0 Å². The van der Waals surface area contributed by atoms with Gasteiger partial charge in [0.25, 0.3) is 5.56 Å². The lowest BCUT2D eigenvalue weighted by Crippen LogP contribution is -2.21. The molecule has 34 heavy (non-hydrogen) atoms. The number of fused-ring (bicyclic) bond motifs is 3. The standard InChI is InChI=1S/C26H23FN4O3/c1-33-16-22-24(18-5-7-19(27)8-6-18)25-28-15-21-23(31(25)29-22)12-14-30(26(21)32)13-11-17-3-9-20(34-2)10-4-17/h3-10,12,14-15H,11,13,16H2,1-2H3. The van der Waals surface area contributed by atoms with Gasteiger partial charge in [-0.3, -0.25) is 4.79 Å². The summed E-state index contributed by atoms with van der Waals surface area (Å²) in [5.74, 6) is 0.482. The number of rotatable bonds is 7. The Balaban J connectivity index is 1.55. The number of ether oxygens (including phenoxy) is 2. The summed E-state index contributed by atoms with van der Waals surface area (Å²) in [5, 5.41) is 5.16. The van der Waals surface area contributed by atoms with Crippen LogP contribution in [-0.4, -0.2) is 33.4 Å². The van der Waals surface area contributed by atoms with Crippen LogP contribution in [0.2, 0.25) is 0 Å². The fourth-order valence-electron chi connectivity index (χ4n) is 4.12. The molecule has 2 aromatic carbocycles. The summed E-state index contributed by atoms with van der Waals surface area (Å²) >= 11 is 0. The molecule has 0 saturated carbocycles. The number of nitrogens with zero attached hydrogens (tertiary/aromatic N) is 4. The van der Waals surface area contributed by atoms with Crippen molar-refractivity contribution in [1.82, 2.24) is 19.2 Å². The summed E-state index contributed by atoms with van der Waals surface area (Å²) in [6.07, 6.45) is 4.07. The van der Waals surface area contributed by atoms with Crippen LogP contribution in [0.4, 0.5) is 4.39 Å². The van der Waals surface area contributed by atoms with E-state index in [0.29, 0.717) is 35.2 Å². The van der Waals surface area contributed by atoms with Crippen LogP contribution < -0.4 is 10.3 Å². The smallest absolute Gasteiger partial charge is 0.261 e. The van der Waals surface area contributed by atoms with Gasteiger partial charge in [0.05, 0.1) is 35.9 Å². The van der Waals surface area contributed by atoms with Crippen molar-refractivity contribution >= 4 is 16.6 Å². The minimum atomic E-state index is -0.317. The lowest BCUT2D eigenvalue weighted by molar-refractivity contribution is 0.181. The van der Waals surface area contributed by atoms with Crippen molar-refractivity contribution < 1.29 is 13.9 Å². The molecular formula is C26H23FN4O3. The average molecular weight is 458 g/mol. The predicted molar refractivity (Wildman–Crippen MR) is 128 cm³/mol. The molecule has 0 aliphatic rings. The summed E-state index contributed by atoms with van der Waals surface area (Å²) in [6, 6.07) is 15.9. The molecule has 0 saturated heterocycles. The summed E-state index contributed by atoms with van der Waals surface area (Å²) in [7, 11) is 3.22. The van der Waals surface area contributed by atoms with E-state index in [1.165, 1.54) is 12.1 Å². The fraction of sp³-hybridized carbons (Fsp3) is 0.192. The second kappa shape index (κ2) is 9.07. The maximum atomic E-state index is 13.5. The highest BCUT2D eigenvalue weighted by Crippen LogP contribution is 2.29. The number of aromatic nitrogens is 4. The van der Waals surface area contributed by atoms with Gasteiger partial charge >= 0.3 is 0 Å². The van der Waals surface area contributed by atoms with Crippen LogP contribution in [0.25, 0.3) is 27.7 Å². The van der Waals surface area contributed by atoms with Crippen molar-refractivity contribution in [1.29, 1.82) is 0 Å². The van der Waals surface area contributed by atoms with Gasteiger partial charge in [-0.05, 0) is 47.9 Å². The van der Waals surface area contributed by atoms with E-state index in [2.05, 4.69) is 10.1 Å². The van der Waals surface area contributed by atoms with Crippen LogP contribution in [0.5, 0.6) is 5.75 Å². The van der Waals surface area contributed by atoms with Crippen LogP contribution >= 0.6 is 0 Å². The molecule has 0 spiro atoms. The van der Waals surface area contributed by atoms with E-state index in [0.717, 1.165) is 22.4 Å². The predicted octanol–water partition coefficient (Wildman–Crippen LogP) is 4.25. The molecular weight excluding hydrogens is 435 g/mol. The summed E-state index contributed by atoms with van der Waals surface area (Å²) < 4.78 is 27.4. The molecule has 0 amide bonds. The molecule has 8 heteroatoms. The van der Waals surface area contributed by atoms with Crippen LogP contribution in [0, 0.1) is 5.82 Å². The fourth-order valence-corrected chi connectivity index (χ4v) is 4.12. The molecule has 0 aliphatic heterocycles. The minimum absolute atomic E-state index is 0.132. The Morgan fingerprint density at radius 3 is 2.47 bits per heavy atom. The number of methoxy groups -OCH3 is 2. The Labute approximate surface area is 195 Å². The zero-order chi connectivity index (χ0) is 23.7. The monoisotopic (exact) mass is 458 g/mol. The minimum Gasteiger partial charge on any atom is -0.497 e. The molecule has 0 bridgehead atoms. The van der Waals surface area contributed by atoms with Crippen LogP contribution in [0.1, 0.15) is 11.3 Å². The van der Waals surface area contributed by atoms with Crippen molar-refractivity contribution in [3.05, 3.63) is 94.4 Å². The van der Waals surface area contributed by atoms with Gasteiger partial charge in [-0.2, -0.15) is 5.10 Å². The Kier molecular flexibility index (Phi) is 5.81. The molecule has 0 radical (unpaired) electrons. The quantitative estimate of drug-likeness (QED) is 0.365. The van der Waals surface area contributed by atoms with Gasteiger partial charge in [-0.1, -0.05) is 24.3 Å². The largest absolute Gasteiger partial charge is 0.497 e. The number of hydrogen-bond acceptors (Lipinski definition) is 5. The van der Waals surface area contributed by atoms with Gasteiger partial charge in [-0.15, -0.1) is 0 Å². The Hall–Kier alpha value is -4.04. The maximum absolute atomic E-state index is 13.5. The number of benzene rings is 2. The molecule has 7 nitrogen and oxygen atoms in total. The summed E-state index contributed by atoms with van der Waals surface area (Å²) in [5.41, 5.74) is 4.42. The highest BCUT2D eigenvalue weighted by molar-refractivity contribution is 5.86. The normalized spacial score (nSPS) is 11.4.